The lowest BCUT2D eigenvalue weighted by molar-refractivity contribution is 0.0677. The molecule has 1 heterocycles. The number of para-hydroxylation sites is 1. The van der Waals surface area contributed by atoms with Gasteiger partial charge >= 0.3 is 0 Å². The van der Waals surface area contributed by atoms with Gasteiger partial charge in [-0.1, -0.05) is 25.1 Å². The molecule has 0 aliphatic carbocycles. The monoisotopic (exact) mass is 302 g/mol. The van der Waals surface area contributed by atoms with E-state index in [1.807, 2.05) is 6.92 Å². The van der Waals surface area contributed by atoms with Crippen LogP contribution in [0.2, 0.25) is 0 Å². The number of hydrogen-bond acceptors (Lipinski definition) is 2. The second-order valence-electron chi connectivity index (χ2n) is 5.23. The zero-order chi connectivity index (χ0) is 15.7. The van der Waals surface area contributed by atoms with Gasteiger partial charge in [-0.25, -0.2) is 8.78 Å². The van der Waals surface area contributed by atoms with Crippen molar-refractivity contribution in [1.82, 2.24) is 4.90 Å². The van der Waals surface area contributed by atoms with E-state index in [-0.39, 0.29) is 11.5 Å². The molecule has 1 aliphatic rings. The van der Waals surface area contributed by atoms with Gasteiger partial charge in [-0.2, -0.15) is 0 Å². The van der Waals surface area contributed by atoms with Crippen LogP contribution < -0.4 is 5.32 Å². The number of anilines is 1. The minimum absolute atomic E-state index is 0.126. The number of nitrogens with zero attached hydrogens (tertiary/aromatic N) is 1. The van der Waals surface area contributed by atoms with Gasteiger partial charge in [0.2, 0.25) is 0 Å². The molecule has 22 heavy (non-hydrogen) atoms. The van der Waals surface area contributed by atoms with Crippen molar-refractivity contribution in [3.05, 3.63) is 65.2 Å². The molecular formula is C17H16F2N2O. The van der Waals surface area contributed by atoms with Crippen molar-refractivity contribution in [2.75, 3.05) is 11.9 Å². The summed E-state index contributed by atoms with van der Waals surface area (Å²) in [6.45, 7) is 2.33. The predicted octanol–water partition coefficient (Wildman–Crippen LogP) is 3.94. The van der Waals surface area contributed by atoms with Crippen LogP contribution >= 0.6 is 0 Å². The summed E-state index contributed by atoms with van der Waals surface area (Å²) in [5.74, 6) is -1.54. The fraction of sp³-hybridized carbons (Fsp3) is 0.235. The van der Waals surface area contributed by atoms with Crippen molar-refractivity contribution in [2.45, 2.75) is 19.5 Å². The van der Waals surface area contributed by atoms with Crippen molar-refractivity contribution in [3.63, 3.8) is 0 Å². The smallest absolute Gasteiger partial charge is 0.257 e. The Bertz CT molecular complexity index is 697. The fourth-order valence-electron chi connectivity index (χ4n) is 2.76. The standard InChI is InChI=1S/C17H16F2N2O/c1-2-10-21-16(15-12(18)7-5-8-13(15)19)20-14-9-4-3-6-11(14)17(21)22/h3-9,16,20H,2,10H2,1H3/t16-/m1/s1. The first-order valence-electron chi connectivity index (χ1n) is 7.24. The van der Waals surface area contributed by atoms with Crippen molar-refractivity contribution in [1.29, 1.82) is 0 Å². The number of fused-ring (bicyclic) bond motifs is 1. The highest BCUT2D eigenvalue weighted by atomic mass is 19.1. The Morgan fingerprint density at radius 2 is 1.77 bits per heavy atom. The van der Waals surface area contributed by atoms with E-state index in [1.54, 1.807) is 24.3 Å². The zero-order valence-electron chi connectivity index (χ0n) is 12.1. The summed E-state index contributed by atoms with van der Waals surface area (Å²) >= 11 is 0. The fourth-order valence-corrected chi connectivity index (χ4v) is 2.76. The molecule has 114 valence electrons. The van der Waals surface area contributed by atoms with Crippen LogP contribution in [0.3, 0.4) is 0 Å². The highest BCUT2D eigenvalue weighted by molar-refractivity contribution is 6.01. The van der Waals surface area contributed by atoms with Crippen LogP contribution in [0.1, 0.15) is 35.4 Å². The maximum absolute atomic E-state index is 14.1. The molecule has 0 saturated heterocycles. The van der Waals surface area contributed by atoms with E-state index >= 15 is 0 Å². The van der Waals surface area contributed by atoms with Gasteiger partial charge in [0.1, 0.15) is 17.8 Å². The number of carbonyl (C=O) groups is 1. The summed E-state index contributed by atoms with van der Waals surface area (Å²) in [6, 6.07) is 10.7. The minimum atomic E-state index is -0.844. The molecule has 0 fully saturated rings. The van der Waals surface area contributed by atoms with Gasteiger partial charge in [-0.3, -0.25) is 4.79 Å². The summed E-state index contributed by atoms with van der Waals surface area (Å²) in [7, 11) is 0. The molecule has 1 amide bonds. The Hall–Kier alpha value is -2.43. The number of hydrogen-bond donors (Lipinski definition) is 1. The molecule has 2 aromatic carbocycles. The van der Waals surface area contributed by atoms with Gasteiger partial charge in [0.15, 0.2) is 0 Å². The number of nitrogens with one attached hydrogen (secondary N) is 1. The molecule has 0 bridgehead atoms. The summed E-state index contributed by atoms with van der Waals surface area (Å²) in [5.41, 5.74) is 0.982. The number of halogens is 2. The van der Waals surface area contributed by atoms with Crippen LogP contribution in [0.5, 0.6) is 0 Å². The third-order valence-electron chi connectivity index (χ3n) is 3.76. The Kier molecular flexibility index (Phi) is 3.79. The summed E-state index contributed by atoms with van der Waals surface area (Å²) in [5, 5.41) is 3.09. The molecule has 0 unspecified atom stereocenters. The van der Waals surface area contributed by atoms with Crippen molar-refractivity contribution >= 4 is 11.6 Å². The molecule has 2 aromatic rings. The van der Waals surface area contributed by atoms with Crippen LogP contribution in [0, 0.1) is 11.6 Å². The summed E-state index contributed by atoms with van der Waals surface area (Å²) < 4.78 is 28.3. The van der Waals surface area contributed by atoms with Gasteiger partial charge in [-0.05, 0) is 30.7 Å². The maximum atomic E-state index is 14.1. The Balaban J connectivity index is 2.12. The first kappa shape index (κ1) is 14.5. The van der Waals surface area contributed by atoms with Gasteiger partial charge in [-0.15, -0.1) is 0 Å². The Labute approximate surface area is 127 Å². The first-order chi connectivity index (χ1) is 10.6. The average molecular weight is 302 g/mol. The van der Waals surface area contributed by atoms with Crippen LogP contribution in [0.15, 0.2) is 42.5 Å². The molecular weight excluding hydrogens is 286 g/mol. The van der Waals surface area contributed by atoms with Gasteiger partial charge < -0.3 is 10.2 Å². The minimum Gasteiger partial charge on any atom is -0.361 e. The second-order valence-corrected chi connectivity index (χ2v) is 5.23. The molecule has 3 rings (SSSR count). The van der Waals surface area contributed by atoms with Crippen LogP contribution in [0.4, 0.5) is 14.5 Å². The van der Waals surface area contributed by atoms with Crippen LogP contribution in [-0.4, -0.2) is 17.4 Å². The SMILES string of the molecule is CCCN1C(=O)c2ccccc2N[C@H]1c1c(F)cccc1F. The molecule has 0 spiro atoms. The molecule has 0 aromatic heterocycles. The van der Waals surface area contributed by atoms with E-state index < -0.39 is 17.8 Å². The lowest BCUT2D eigenvalue weighted by atomic mass is 10.0. The molecule has 5 heteroatoms. The van der Waals surface area contributed by atoms with E-state index in [0.29, 0.717) is 24.2 Å². The summed E-state index contributed by atoms with van der Waals surface area (Å²) in [4.78, 5) is 14.1. The molecule has 3 nitrogen and oxygen atoms in total. The Morgan fingerprint density at radius 1 is 1.09 bits per heavy atom. The number of benzene rings is 2. The highest BCUT2D eigenvalue weighted by Crippen LogP contribution is 2.35. The molecule has 0 radical (unpaired) electrons. The number of amides is 1. The topological polar surface area (TPSA) is 32.3 Å². The van der Waals surface area contributed by atoms with E-state index in [1.165, 1.54) is 23.1 Å². The lowest BCUT2D eigenvalue weighted by Gasteiger charge is -2.38. The second kappa shape index (κ2) is 5.75. The average Bonchev–Trinajstić information content (AvgIpc) is 2.51. The number of carbonyl (C=O) groups excluding carboxylic acids is 1. The quantitative estimate of drug-likeness (QED) is 0.931. The van der Waals surface area contributed by atoms with Crippen molar-refractivity contribution < 1.29 is 13.6 Å². The summed E-state index contributed by atoms with van der Waals surface area (Å²) in [6.07, 6.45) is -0.147. The Morgan fingerprint density at radius 3 is 2.45 bits per heavy atom. The van der Waals surface area contributed by atoms with Gasteiger partial charge in [0.25, 0.3) is 5.91 Å². The van der Waals surface area contributed by atoms with Crippen molar-refractivity contribution in [2.24, 2.45) is 0 Å². The largest absolute Gasteiger partial charge is 0.361 e. The molecule has 1 atom stereocenters. The maximum Gasteiger partial charge on any atom is 0.257 e. The van der Waals surface area contributed by atoms with E-state index in [9.17, 15) is 13.6 Å². The van der Waals surface area contributed by atoms with Crippen LogP contribution in [0.25, 0.3) is 0 Å². The third-order valence-corrected chi connectivity index (χ3v) is 3.76. The van der Waals surface area contributed by atoms with Crippen molar-refractivity contribution in [3.8, 4) is 0 Å². The predicted molar refractivity (Wildman–Crippen MR) is 80.5 cm³/mol. The van der Waals surface area contributed by atoms with Gasteiger partial charge in [0.05, 0.1) is 11.1 Å². The zero-order valence-corrected chi connectivity index (χ0v) is 12.1. The molecule has 1 N–H and O–H groups in total. The lowest BCUT2D eigenvalue weighted by Crippen LogP contribution is -2.44. The first-order valence-corrected chi connectivity index (χ1v) is 7.24. The normalized spacial score (nSPS) is 17.1. The molecule has 1 aliphatic heterocycles. The van der Waals surface area contributed by atoms with Crippen LogP contribution in [-0.2, 0) is 0 Å². The third kappa shape index (κ3) is 2.32. The van der Waals surface area contributed by atoms with Gasteiger partial charge in [0, 0.05) is 12.2 Å². The number of rotatable bonds is 3. The highest BCUT2D eigenvalue weighted by Gasteiger charge is 2.35. The van der Waals surface area contributed by atoms with E-state index in [0.717, 1.165) is 0 Å². The molecule has 0 saturated carbocycles. The van der Waals surface area contributed by atoms with E-state index in [4.69, 9.17) is 0 Å². The van der Waals surface area contributed by atoms with E-state index in [2.05, 4.69) is 5.32 Å².